The zero-order valence-electron chi connectivity index (χ0n) is 17.7. The van der Waals surface area contributed by atoms with Gasteiger partial charge in [0.05, 0.1) is 24.2 Å². The quantitative estimate of drug-likeness (QED) is 0.312. The molecule has 2 aromatic carbocycles. The SMILES string of the molecule is COc1cccc(Nc2nnc(SCC(=O)C(C#N)=C3N(C)c4ccccc4N3C)s2)c1. The van der Waals surface area contributed by atoms with Crippen LogP contribution < -0.4 is 19.9 Å². The highest BCUT2D eigenvalue weighted by molar-refractivity contribution is 8.01. The maximum atomic E-state index is 12.9. The van der Waals surface area contributed by atoms with Gasteiger partial charge >= 0.3 is 0 Å². The van der Waals surface area contributed by atoms with Gasteiger partial charge in [0, 0.05) is 25.8 Å². The van der Waals surface area contributed by atoms with Crippen molar-refractivity contribution in [3.05, 3.63) is 59.9 Å². The first-order chi connectivity index (χ1) is 15.5. The molecule has 162 valence electrons. The fraction of sp³-hybridized carbons (Fsp3) is 0.182. The molecule has 32 heavy (non-hydrogen) atoms. The maximum Gasteiger partial charge on any atom is 0.210 e. The number of anilines is 4. The van der Waals surface area contributed by atoms with Crippen molar-refractivity contribution >= 4 is 51.1 Å². The van der Waals surface area contributed by atoms with E-state index in [2.05, 4.69) is 21.6 Å². The van der Waals surface area contributed by atoms with Crippen molar-refractivity contribution in [2.45, 2.75) is 4.34 Å². The van der Waals surface area contributed by atoms with E-state index in [1.54, 1.807) is 7.11 Å². The van der Waals surface area contributed by atoms with Crippen molar-refractivity contribution < 1.29 is 9.53 Å². The third-order valence-corrected chi connectivity index (χ3v) is 6.88. The normalized spacial score (nSPS) is 12.4. The number of benzene rings is 2. The predicted molar refractivity (Wildman–Crippen MR) is 128 cm³/mol. The van der Waals surface area contributed by atoms with Crippen molar-refractivity contribution in [3.8, 4) is 11.8 Å². The minimum absolute atomic E-state index is 0.0954. The number of Topliss-reactive ketones (excluding diaryl/α,β-unsaturated/α-hetero) is 1. The summed E-state index contributed by atoms with van der Waals surface area (Å²) < 4.78 is 5.86. The molecule has 0 radical (unpaired) electrons. The number of nitrogens with one attached hydrogen (secondary N) is 1. The molecule has 0 aliphatic carbocycles. The highest BCUT2D eigenvalue weighted by Gasteiger charge is 2.31. The molecule has 8 nitrogen and oxygen atoms in total. The molecular formula is C22H20N6O2S2. The third-order valence-electron chi connectivity index (χ3n) is 4.91. The Balaban J connectivity index is 1.45. The lowest BCUT2D eigenvalue weighted by Gasteiger charge is -2.19. The molecule has 0 fully saturated rings. The van der Waals surface area contributed by atoms with Crippen LogP contribution in [0.4, 0.5) is 22.2 Å². The van der Waals surface area contributed by atoms with Crippen LogP contribution in [-0.4, -0.2) is 42.9 Å². The molecule has 3 aromatic rings. The molecular weight excluding hydrogens is 444 g/mol. The van der Waals surface area contributed by atoms with Gasteiger partial charge in [-0.05, 0) is 24.3 Å². The van der Waals surface area contributed by atoms with Crippen LogP contribution in [0.2, 0.25) is 0 Å². The topological polar surface area (TPSA) is 94.4 Å². The number of para-hydroxylation sites is 2. The first-order valence-electron chi connectivity index (χ1n) is 9.63. The van der Waals surface area contributed by atoms with Crippen LogP contribution in [-0.2, 0) is 4.79 Å². The van der Waals surface area contributed by atoms with E-state index < -0.39 is 0 Å². The second-order valence-electron chi connectivity index (χ2n) is 6.86. The highest BCUT2D eigenvalue weighted by Crippen LogP contribution is 2.40. The van der Waals surface area contributed by atoms with E-state index in [-0.39, 0.29) is 17.1 Å². The molecule has 4 rings (SSSR count). The van der Waals surface area contributed by atoms with E-state index >= 15 is 0 Å². The Morgan fingerprint density at radius 1 is 1.16 bits per heavy atom. The average molecular weight is 465 g/mol. The van der Waals surface area contributed by atoms with Crippen molar-refractivity contribution in [3.63, 3.8) is 0 Å². The van der Waals surface area contributed by atoms with Crippen LogP contribution in [0.15, 0.2) is 64.3 Å². The summed E-state index contributed by atoms with van der Waals surface area (Å²) in [7, 11) is 5.33. The Labute approximate surface area is 194 Å². The van der Waals surface area contributed by atoms with E-state index in [0.29, 0.717) is 15.3 Å². The van der Waals surface area contributed by atoms with Crippen LogP contribution in [0.25, 0.3) is 0 Å². The fourth-order valence-electron chi connectivity index (χ4n) is 3.40. The molecule has 1 aromatic heterocycles. The minimum Gasteiger partial charge on any atom is -0.497 e. The first kappa shape index (κ1) is 21.7. The molecule has 1 N–H and O–H groups in total. The number of ketones is 1. The van der Waals surface area contributed by atoms with Gasteiger partial charge in [0.15, 0.2) is 10.1 Å². The summed E-state index contributed by atoms with van der Waals surface area (Å²) in [6.45, 7) is 0. The Morgan fingerprint density at radius 2 is 1.88 bits per heavy atom. The lowest BCUT2D eigenvalue weighted by atomic mass is 10.2. The number of carbonyl (C=O) groups is 1. The number of rotatable bonds is 7. The summed E-state index contributed by atoms with van der Waals surface area (Å²) in [6, 6.07) is 17.4. The van der Waals surface area contributed by atoms with Gasteiger partial charge in [0.25, 0.3) is 0 Å². The second kappa shape index (κ2) is 9.30. The van der Waals surface area contributed by atoms with E-state index in [1.807, 2.05) is 72.4 Å². The molecule has 0 atom stereocenters. The lowest BCUT2D eigenvalue weighted by Crippen LogP contribution is -2.26. The van der Waals surface area contributed by atoms with Crippen LogP contribution in [0.5, 0.6) is 5.75 Å². The van der Waals surface area contributed by atoms with Gasteiger partial charge in [0.2, 0.25) is 5.13 Å². The van der Waals surface area contributed by atoms with Crippen LogP contribution in [0.3, 0.4) is 0 Å². The molecule has 1 aliphatic heterocycles. The molecule has 0 amide bonds. The van der Waals surface area contributed by atoms with Crippen LogP contribution in [0.1, 0.15) is 0 Å². The van der Waals surface area contributed by atoms with E-state index in [9.17, 15) is 10.1 Å². The second-order valence-corrected chi connectivity index (χ2v) is 9.06. The number of nitrogens with zero attached hydrogens (tertiary/aromatic N) is 5. The van der Waals surface area contributed by atoms with E-state index in [0.717, 1.165) is 22.8 Å². The van der Waals surface area contributed by atoms with Gasteiger partial charge in [-0.3, -0.25) is 4.79 Å². The number of hydrogen-bond donors (Lipinski definition) is 1. The summed E-state index contributed by atoms with van der Waals surface area (Å²) in [4.78, 5) is 16.7. The van der Waals surface area contributed by atoms with Crippen LogP contribution >= 0.6 is 23.1 Å². The summed E-state index contributed by atoms with van der Waals surface area (Å²) >= 11 is 2.61. The number of allylic oxidation sites excluding steroid dienone is 1. The molecule has 0 saturated carbocycles. The van der Waals surface area contributed by atoms with Gasteiger partial charge in [-0.25, -0.2) is 0 Å². The van der Waals surface area contributed by atoms with Crippen molar-refractivity contribution in [1.82, 2.24) is 10.2 Å². The Hall–Kier alpha value is -3.55. The third kappa shape index (κ3) is 4.26. The Kier molecular flexibility index (Phi) is 6.30. The number of aromatic nitrogens is 2. The number of methoxy groups -OCH3 is 1. The Bertz CT molecular complexity index is 1200. The largest absolute Gasteiger partial charge is 0.497 e. The molecule has 0 spiro atoms. The number of carbonyl (C=O) groups excluding carboxylic acids is 1. The molecule has 0 saturated heterocycles. The molecule has 10 heteroatoms. The lowest BCUT2D eigenvalue weighted by molar-refractivity contribution is -0.112. The van der Waals surface area contributed by atoms with Gasteiger partial charge in [0.1, 0.15) is 23.2 Å². The smallest absolute Gasteiger partial charge is 0.210 e. The number of fused-ring (bicyclic) bond motifs is 1. The molecule has 0 bridgehead atoms. The van der Waals surface area contributed by atoms with E-state index in [1.165, 1.54) is 23.1 Å². The Morgan fingerprint density at radius 3 is 2.53 bits per heavy atom. The average Bonchev–Trinajstić information content (AvgIpc) is 3.36. The van der Waals surface area contributed by atoms with Gasteiger partial charge < -0.3 is 19.9 Å². The molecule has 1 aliphatic rings. The van der Waals surface area contributed by atoms with Crippen LogP contribution in [0, 0.1) is 11.3 Å². The zero-order chi connectivity index (χ0) is 22.7. The summed E-state index contributed by atoms with van der Waals surface area (Å²) in [6.07, 6.45) is 0. The van der Waals surface area contributed by atoms with Gasteiger partial charge in [-0.2, -0.15) is 5.26 Å². The van der Waals surface area contributed by atoms with Crippen molar-refractivity contribution in [2.75, 3.05) is 42.1 Å². The number of thioether (sulfide) groups is 1. The van der Waals surface area contributed by atoms with Crippen molar-refractivity contribution in [2.24, 2.45) is 0 Å². The molecule has 2 heterocycles. The summed E-state index contributed by atoms with van der Waals surface area (Å²) in [5.41, 5.74) is 2.86. The highest BCUT2D eigenvalue weighted by atomic mass is 32.2. The standard InChI is InChI=1S/C22H20N6O2S2/c1-27-17-9-4-5-10-18(17)28(2)20(27)16(12-23)19(29)13-31-22-26-25-21(32-22)24-14-7-6-8-15(11-14)30-3/h4-11H,13H2,1-3H3,(H,24,25). The molecule has 0 unspecified atom stereocenters. The monoisotopic (exact) mass is 464 g/mol. The maximum absolute atomic E-state index is 12.9. The minimum atomic E-state index is -0.253. The fourth-order valence-corrected chi connectivity index (χ4v) is 5.04. The zero-order valence-corrected chi connectivity index (χ0v) is 19.3. The summed E-state index contributed by atoms with van der Waals surface area (Å²) in [5.74, 6) is 1.16. The number of hydrogen-bond acceptors (Lipinski definition) is 10. The number of ether oxygens (including phenoxy) is 1. The number of nitriles is 1. The predicted octanol–water partition coefficient (Wildman–Crippen LogP) is 4.27. The first-order valence-corrected chi connectivity index (χ1v) is 11.4. The van der Waals surface area contributed by atoms with Gasteiger partial charge in [-0.1, -0.05) is 41.3 Å². The van der Waals surface area contributed by atoms with Crippen molar-refractivity contribution in [1.29, 1.82) is 5.26 Å². The summed E-state index contributed by atoms with van der Waals surface area (Å²) in [5, 5.41) is 21.8. The van der Waals surface area contributed by atoms with Gasteiger partial charge in [-0.15, -0.1) is 10.2 Å². The van der Waals surface area contributed by atoms with E-state index in [4.69, 9.17) is 4.74 Å².